The highest BCUT2D eigenvalue weighted by molar-refractivity contribution is 7.15. The van der Waals surface area contributed by atoms with E-state index in [9.17, 15) is 14.4 Å². The first-order valence-corrected chi connectivity index (χ1v) is 10.4. The van der Waals surface area contributed by atoms with Gasteiger partial charge in [0.1, 0.15) is 0 Å². The van der Waals surface area contributed by atoms with Crippen LogP contribution in [0.1, 0.15) is 27.7 Å². The van der Waals surface area contributed by atoms with Gasteiger partial charge in [0.15, 0.2) is 5.13 Å². The van der Waals surface area contributed by atoms with Crippen molar-refractivity contribution >= 4 is 44.9 Å². The standard InChI is InChI=1S/C21H17ClN4O3S/c1-2-26-19(28)15-8-7-13(10-17(15)24-21(26)29)18(27)25-20-23-11-14(30-20)9-12-5-3-4-6-16(12)22/h3-8,10-11H,2,9H2,1H3,(H,24,29)(H,23,25,27). The van der Waals surface area contributed by atoms with Crippen molar-refractivity contribution in [2.75, 3.05) is 5.32 Å². The molecule has 152 valence electrons. The highest BCUT2D eigenvalue weighted by Crippen LogP contribution is 2.25. The lowest BCUT2D eigenvalue weighted by molar-refractivity contribution is 0.102. The minimum atomic E-state index is -0.503. The summed E-state index contributed by atoms with van der Waals surface area (Å²) in [6.07, 6.45) is 2.32. The number of nitrogens with zero attached hydrogens (tertiary/aromatic N) is 2. The zero-order chi connectivity index (χ0) is 21.3. The number of carbonyl (C=O) groups excluding carboxylic acids is 1. The van der Waals surface area contributed by atoms with E-state index in [4.69, 9.17) is 11.6 Å². The molecular formula is C21H17ClN4O3S. The molecular weight excluding hydrogens is 424 g/mol. The number of carbonyl (C=O) groups is 1. The Hall–Kier alpha value is -3.23. The maximum absolute atomic E-state index is 12.6. The summed E-state index contributed by atoms with van der Waals surface area (Å²) < 4.78 is 1.11. The highest BCUT2D eigenvalue weighted by Gasteiger charge is 2.13. The predicted molar refractivity (Wildman–Crippen MR) is 119 cm³/mol. The van der Waals surface area contributed by atoms with Crippen LogP contribution in [0, 0.1) is 0 Å². The van der Waals surface area contributed by atoms with Crippen LogP contribution in [0.15, 0.2) is 58.3 Å². The van der Waals surface area contributed by atoms with Crippen molar-refractivity contribution in [3.05, 3.63) is 90.5 Å². The first-order chi connectivity index (χ1) is 14.5. The number of aromatic amines is 1. The van der Waals surface area contributed by atoms with Crippen molar-refractivity contribution < 1.29 is 4.79 Å². The summed E-state index contributed by atoms with van der Waals surface area (Å²) in [5.74, 6) is -0.379. The Morgan fingerprint density at radius 2 is 2.03 bits per heavy atom. The summed E-state index contributed by atoms with van der Waals surface area (Å²) in [5, 5.41) is 4.25. The lowest BCUT2D eigenvalue weighted by Crippen LogP contribution is -2.34. The van der Waals surface area contributed by atoms with Crippen LogP contribution >= 0.6 is 22.9 Å². The molecule has 0 saturated carbocycles. The Balaban J connectivity index is 1.55. The van der Waals surface area contributed by atoms with Gasteiger partial charge in [0.05, 0.1) is 10.9 Å². The number of rotatable bonds is 5. The van der Waals surface area contributed by atoms with Gasteiger partial charge in [-0.25, -0.2) is 9.78 Å². The normalized spacial score (nSPS) is 11.0. The minimum absolute atomic E-state index is 0.271. The summed E-state index contributed by atoms with van der Waals surface area (Å²) in [5.41, 5.74) is 0.733. The SMILES string of the molecule is CCn1c(=O)[nH]c2cc(C(=O)Nc3ncc(Cc4ccccc4Cl)s3)ccc2c1=O. The van der Waals surface area contributed by atoms with E-state index in [-0.39, 0.29) is 18.0 Å². The molecule has 4 aromatic rings. The van der Waals surface area contributed by atoms with Crippen molar-refractivity contribution in [2.24, 2.45) is 0 Å². The van der Waals surface area contributed by atoms with Crippen LogP contribution < -0.4 is 16.6 Å². The van der Waals surface area contributed by atoms with Gasteiger partial charge in [0, 0.05) is 34.6 Å². The molecule has 0 spiro atoms. The van der Waals surface area contributed by atoms with Crippen LogP contribution in [0.25, 0.3) is 10.9 Å². The van der Waals surface area contributed by atoms with Crippen LogP contribution in [0.2, 0.25) is 5.02 Å². The van der Waals surface area contributed by atoms with E-state index in [2.05, 4.69) is 15.3 Å². The van der Waals surface area contributed by atoms with E-state index in [1.807, 2.05) is 24.3 Å². The molecule has 0 unspecified atom stereocenters. The fraction of sp³-hybridized carbons (Fsp3) is 0.143. The first kappa shape index (κ1) is 20.1. The predicted octanol–water partition coefficient (Wildman–Crippen LogP) is 3.66. The molecule has 2 N–H and O–H groups in total. The fourth-order valence-corrected chi connectivity index (χ4v) is 4.16. The van der Waals surface area contributed by atoms with Crippen molar-refractivity contribution in [1.82, 2.24) is 14.5 Å². The van der Waals surface area contributed by atoms with Gasteiger partial charge in [-0.05, 0) is 36.8 Å². The highest BCUT2D eigenvalue weighted by atomic mass is 35.5. The van der Waals surface area contributed by atoms with Crippen molar-refractivity contribution in [3.63, 3.8) is 0 Å². The molecule has 1 amide bonds. The van der Waals surface area contributed by atoms with Crippen molar-refractivity contribution in [1.29, 1.82) is 0 Å². The molecule has 9 heteroatoms. The number of H-pyrrole nitrogens is 1. The summed E-state index contributed by atoms with van der Waals surface area (Å²) in [6, 6.07) is 12.2. The second-order valence-electron chi connectivity index (χ2n) is 6.59. The Morgan fingerprint density at radius 3 is 2.80 bits per heavy atom. The van der Waals surface area contributed by atoms with Crippen LogP contribution in [0.4, 0.5) is 5.13 Å². The first-order valence-electron chi connectivity index (χ1n) is 9.22. The number of aromatic nitrogens is 3. The Morgan fingerprint density at radius 1 is 1.23 bits per heavy atom. The molecule has 0 radical (unpaired) electrons. The zero-order valence-corrected chi connectivity index (χ0v) is 17.5. The fourth-order valence-electron chi connectivity index (χ4n) is 3.13. The van der Waals surface area contributed by atoms with E-state index >= 15 is 0 Å². The average Bonchev–Trinajstić information content (AvgIpc) is 3.16. The molecule has 0 aliphatic carbocycles. The maximum atomic E-state index is 12.6. The number of anilines is 1. The number of halogens is 1. The van der Waals surface area contributed by atoms with Gasteiger partial charge in [-0.3, -0.25) is 19.5 Å². The van der Waals surface area contributed by atoms with Gasteiger partial charge in [-0.1, -0.05) is 29.8 Å². The summed E-state index contributed by atoms with van der Waals surface area (Å²) >= 11 is 7.56. The summed E-state index contributed by atoms with van der Waals surface area (Å²) in [7, 11) is 0. The second-order valence-corrected chi connectivity index (χ2v) is 8.12. The van der Waals surface area contributed by atoms with Gasteiger partial charge in [-0.2, -0.15) is 0 Å². The molecule has 2 heterocycles. The van der Waals surface area contributed by atoms with Crippen molar-refractivity contribution in [2.45, 2.75) is 19.9 Å². The van der Waals surface area contributed by atoms with Crippen LogP contribution in [-0.2, 0) is 13.0 Å². The van der Waals surface area contributed by atoms with Crippen LogP contribution in [-0.4, -0.2) is 20.4 Å². The molecule has 4 rings (SSSR count). The number of hydrogen-bond donors (Lipinski definition) is 2. The van der Waals surface area contributed by atoms with Gasteiger partial charge in [0.2, 0.25) is 0 Å². The maximum Gasteiger partial charge on any atom is 0.328 e. The lowest BCUT2D eigenvalue weighted by Gasteiger charge is -2.06. The largest absolute Gasteiger partial charge is 0.328 e. The average molecular weight is 441 g/mol. The van der Waals surface area contributed by atoms with Gasteiger partial charge in [0.25, 0.3) is 11.5 Å². The second kappa shape index (κ2) is 8.25. The molecule has 30 heavy (non-hydrogen) atoms. The third-order valence-corrected chi connectivity index (χ3v) is 5.94. The molecule has 0 atom stereocenters. The van der Waals surface area contributed by atoms with E-state index in [0.717, 1.165) is 15.0 Å². The topological polar surface area (TPSA) is 96.8 Å². The Kier molecular flexibility index (Phi) is 5.52. The Bertz CT molecular complexity index is 1370. The third kappa shape index (κ3) is 3.92. The molecule has 0 aliphatic rings. The van der Waals surface area contributed by atoms with Crippen LogP contribution in [0.5, 0.6) is 0 Å². The zero-order valence-electron chi connectivity index (χ0n) is 15.9. The van der Waals surface area contributed by atoms with E-state index in [1.54, 1.807) is 25.3 Å². The number of benzene rings is 2. The molecule has 0 saturated heterocycles. The quantitative estimate of drug-likeness (QED) is 0.495. The third-order valence-electron chi connectivity index (χ3n) is 4.66. The Labute approximate surface area is 180 Å². The number of nitrogens with one attached hydrogen (secondary N) is 2. The van der Waals surface area contributed by atoms with Crippen molar-refractivity contribution in [3.8, 4) is 0 Å². The van der Waals surface area contributed by atoms with E-state index in [0.29, 0.717) is 33.0 Å². The minimum Gasteiger partial charge on any atom is -0.307 e. The number of thiazole rings is 1. The lowest BCUT2D eigenvalue weighted by atomic mass is 10.1. The summed E-state index contributed by atoms with van der Waals surface area (Å²) in [4.78, 5) is 44.9. The van der Waals surface area contributed by atoms with Gasteiger partial charge in [-0.15, -0.1) is 11.3 Å². The summed E-state index contributed by atoms with van der Waals surface area (Å²) in [6.45, 7) is 1.99. The van der Waals surface area contributed by atoms with Gasteiger partial charge >= 0.3 is 5.69 Å². The van der Waals surface area contributed by atoms with Gasteiger partial charge < -0.3 is 4.98 Å². The number of hydrogen-bond acceptors (Lipinski definition) is 5. The number of amides is 1. The monoisotopic (exact) mass is 440 g/mol. The van der Waals surface area contributed by atoms with Crippen LogP contribution in [0.3, 0.4) is 0 Å². The van der Waals surface area contributed by atoms with E-state index < -0.39 is 5.69 Å². The molecule has 2 aromatic heterocycles. The molecule has 2 aromatic carbocycles. The molecule has 0 aliphatic heterocycles. The number of fused-ring (bicyclic) bond motifs is 1. The molecule has 7 nitrogen and oxygen atoms in total. The smallest absolute Gasteiger partial charge is 0.307 e. The van der Waals surface area contributed by atoms with E-state index in [1.165, 1.54) is 17.4 Å². The molecule has 0 fully saturated rings. The molecule has 0 bridgehead atoms.